The van der Waals surface area contributed by atoms with Gasteiger partial charge in [-0.25, -0.2) is 4.98 Å². The van der Waals surface area contributed by atoms with Crippen LogP contribution in [-0.4, -0.2) is 34.9 Å². The van der Waals surface area contributed by atoms with Gasteiger partial charge in [-0.05, 0) is 35.4 Å². The number of aromatic nitrogens is 2. The van der Waals surface area contributed by atoms with Gasteiger partial charge >= 0.3 is 0 Å². The molecule has 0 saturated carbocycles. The Labute approximate surface area is 185 Å². The fourth-order valence-electron chi connectivity index (χ4n) is 3.98. The number of benzene rings is 3. The smallest absolute Gasteiger partial charge is 0.265 e. The minimum atomic E-state index is -0.316. The number of nitrogens with one attached hydrogen (secondary N) is 2. The van der Waals surface area contributed by atoms with E-state index >= 15 is 0 Å². The van der Waals surface area contributed by atoms with Crippen molar-refractivity contribution in [1.29, 1.82) is 0 Å². The fourth-order valence-corrected chi connectivity index (χ4v) is 3.98. The van der Waals surface area contributed by atoms with E-state index in [-0.39, 0.29) is 37.4 Å². The molecule has 0 saturated heterocycles. The summed E-state index contributed by atoms with van der Waals surface area (Å²) in [4.78, 5) is 34.4. The molecule has 7 nitrogen and oxygen atoms in total. The Balaban J connectivity index is 1.35. The lowest BCUT2D eigenvalue weighted by atomic mass is 9.98. The van der Waals surface area contributed by atoms with Crippen molar-refractivity contribution in [3.63, 3.8) is 0 Å². The summed E-state index contributed by atoms with van der Waals surface area (Å²) < 4.78 is 5.48. The number of H-pyrrole nitrogens is 1. The summed E-state index contributed by atoms with van der Waals surface area (Å²) in [5, 5.41) is 3.14. The molecule has 7 heteroatoms. The number of fused-ring (bicyclic) bond motifs is 2. The molecule has 1 atom stereocenters. The molecule has 0 spiro atoms. The second-order valence-corrected chi connectivity index (χ2v) is 7.64. The normalized spacial score (nSPS) is 14.0. The average Bonchev–Trinajstić information content (AvgIpc) is 3.30. The van der Waals surface area contributed by atoms with Crippen LogP contribution in [0.15, 0.2) is 79.1 Å². The predicted octanol–water partition coefficient (Wildman–Crippen LogP) is 3.58. The molecule has 160 valence electrons. The van der Waals surface area contributed by atoms with E-state index in [0.29, 0.717) is 11.4 Å². The molecule has 0 unspecified atom stereocenters. The van der Waals surface area contributed by atoms with Gasteiger partial charge < -0.3 is 19.9 Å². The van der Waals surface area contributed by atoms with Crippen molar-refractivity contribution in [1.82, 2.24) is 15.3 Å². The van der Waals surface area contributed by atoms with Crippen LogP contribution >= 0.6 is 0 Å². The minimum absolute atomic E-state index is 0.0184. The Kier molecular flexibility index (Phi) is 5.29. The Bertz CT molecular complexity index is 1270. The van der Waals surface area contributed by atoms with Crippen molar-refractivity contribution >= 4 is 28.5 Å². The first kappa shape index (κ1) is 19.8. The van der Waals surface area contributed by atoms with Crippen molar-refractivity contribution in [2.24, 2.45) is 0 Å². The molecule has 5 rings (SSSR count). The monoisotopic (exact) mass is 426 g/mol. The molecule has 2 heterocycles. The van der Waals surface area contributed by atoms with Gasteiger partial charge in [0.05, 0.1) is 29.1 Å². The lowest BCUT2D eigenvalue weighted by Gasteiger charge is -2.29. The topological polar surface area (TPSA) is 87.3 Å². The maximum atomic E-state index is 13.0. The zero-order valence-corrected chi connectivity index (χ0v) is 17.3. The van der Waals surface area contributed by atoms with Crippen molar-refractivity contribution in [3.8, 4) is 5.75 Å². The van der Waals surface area contributed by atoms with Gasteiger partial charge in [-0.3, -0.25) is 9.59 Å². The standard InChI is InChI=1S/C25H22N4O3/c30-23(12-13-29-21-8-4-5-9-22(21)32-15-24(29)31)28-25(17-6-2-1-3-7-17)18-10-11-19-20(14-18)27-16-26-19/h1-11,14,16,25H,12-13,15H2,(H,26,27)(H,28,30)/t25-/m1/s1. The van der Waals surface area contributed by atoms with Crippen molar-refractivity contribution in [3.05, 3.63) is 90.3 Å². The minimum Gasteiger partial charge on any atom is -0.482 e. The molecular formula is C25H22N4O3. The molecular weight excluding hydrogens is 404 g/mol. The number of hydrogen-bond donors (Lipinski definition) is 2. The number of anilines is 1. The molecule has 0 radical (unpaired) electrons. The fraction of sp³-hybridized carbons (Fsp3) is 0.160. The molecule has 1 aliphatic rings. The molecule has 0 bridgehead atoms. The highest BCUT2D eigenvalue weighted by Crippen LogP contribution is 2.31. The van der Waals surface area contributed by atoms with E-state index in [4.69, 9.17) is 4.74 Å². The van der Waals surface area contributed by atoms with Gasteiger partial charge in [-0.2, -0.15) is 0 Å². The first-order valence-corrected chi connectivity index (χ1v) is 10.5. The second kappa shape index (κ2) is 8.55. The number of carbonyl (C=O) groups is 2. The average molecular weight is 426 g/mol. The van der Waals surface area contributed by atoms with Gasteiger partial charge in [0.15, 0.2) is 6.61 Å². The Hall–Kier alpha value is -4.13. The van der Waals surface area contributed by atoms with Crippen molar-refractivity contribution < 1.29 is 14.3 Å². The quantitative estimate of drug-likeness (QED) is 0.493. The molecule has 1 aliphatic heterocycles. The molecule has 4 aromatic rings. The van der Waals surface area contributed by atoms with Gasteiger partial charge in [0.1, 0.15) is 5.75 Å². The predicted molar refractivity (Wildman–Crippen MR) is 121 cm³/mol. The first-order chi connectivity index (χ1) is 15.7. The highest BCUT2D eigenvalue weighted by Gasteiger charge is 2.26. The zero-order chi connectivity index (χ0) is 21.9. The Morgan fingerprint density at radius 2 is 1.88 bits per heavy atom. The van der Waals surface area contributed by atoms with E-state index in [1.54, 1.807) is 11.2 Å². The van der Waals surface area contributed by atoms with E-state index < -0.39 is 0 Å². The van der Waals surface area contributed by atoms with Crippen LogP contribution < -0.4 is 15.0 Å². The number of hydrogen-bond acceptors (Lipinski definition) is 4. The van der Waals surface area contributed by atoms with Crippen LogP contribution in [0.3, 0.4) is 0 Å². The van der Waals surface area contributed by atoms with Gasteiger partial charge in [-0.15, -0.1) is 0 Å². The summed E-state index contributed by atoms with van der Waals surface area (Å²) >= 11 is 0. The molecule has 0 aliphatic carbocycles. The summed E-state index contributed by atoms with van der Waals surface area (Å²) in [5.41, 5.74) is 4.41. The number of nitrogens with zero attached hydrogens (tertiary/aromatic N) is 2. The van der Waals surface area contributed by atoms with Gasteiger partial charge in [0.2, 0.25) is 5.91 Å². The summed E-state index contributed by atoms with van der Waals surface area (Å²) in [6, 6.07) is 22.8. The maximum Gasteiger partial charge on any atom is 0.265 e. The van der Waals surface area contributed by atoms with E-state index in [2.05, 4.69) is 15.3 Å². The van der Waals surface area contributed by atoms with E-state index in [0.717, 1.165) is 22.2 Å². The number of ether oxygens (including phenoxy) is 1. The Morgan fingerprint density at radius 1 is 1.06 bits per heavy atom. The highest BCUT2D eigenvalue weighted by atomic mass is 16.5. The number of imidazole rings is 1. The van der Waals surface area contributed by atoms with Crippen LogP contribution in [0.25, 0.3) is 11.0 Å². The lowest BCUT2D eigenvalue weighted by Crippen LogP contribution is -2.41. The summed E-state index contributed by atoms with van der Waals surface area (Å²) in [7, 11) is 0. The van der Waals surface area contributed by atoms with Crippen molar-refractivity contribution in [2.45, 2.75) is 12.5 Å². The van der Waals surface area contributed by atoms with Gasteiger partial charge in [0.25, 0.3) is 5.91 Å². The molecule has 0 fully saturated rings. The SMILES string of the molecule is O=C(CCN1C(=O)COc2ccccc21)N[C@H](c1ccccc1)c1ccc2nc[nH]c2c1. The van der Waals surface area contributed by atoms with Gasteiger partial charge in [0, 0.05) is 13.0 Å². The number of amides is 2. The molecule has 2 amide bonds. The number of carbonyl (C=O) groups excluding carboxylic acids is 2. The number of aromatic amines is 1. The van der Waals surface area contributed by atoms with Gasteiger partial charge in [-0.1, -0.05) is 48.5 Å². The van der Waals surface area contributed by atoms with E-state index in [1.165, 1.54) is 0 Å². The highest BCUT2D eigenvalue weighted by molar-refractivity contribution is 5.98. The maximum absolute atomic E-state index is 13.0. The molecule has 1 aromatic heterocycles. The zero-order valence-electron chi connectivity index (χ0n) is 17.3. The third-order valence-electron chi connectivity index (χ3n) is 5.59. The summed E-state index contributed by atoms with van der Waals surface area (Å²) in [5.74, 6) is 0.365. The molecule has 2 N–H and O–H groups in total. The van der Waals surface area contributed by atoms with Crippen LogP contribution in [0.5, 0.6) is 5.75 Å². The second-order valence-electron chi connectivity index (χ2n) is 7.64. The van der Waals surface area contributed by atoms with Crippen LogP contribution in [0.2, 0.25) is 0 Å². The van der Waals surface area contributed by atoms with Crippen LogP contribution in [-0.2, 0) is 9.59 Å². The van der Waals surface area contributed by atoms with Crippen LogP contribution in [0.4, 0.5) is 5.69 Å². The summed E-state index contributed by atoms with van der Waals surface area (Å²) in [6.45, 7) is 0.265. The Morgan fingerprint density at radius 3 is 2.75 bits per heavy atom. The summed E-state index contributed by atoms with van der Waals surface area (Å²) in [6.07, 6.45) is 1.83. The number of rotatable bonds is 6. The third-order valence-corrected chi connectivity index (χ3v) is 5.59. The lowest BCUT2D eigenvalue weighted by molar-refractivity contribution is -0.122. The molecule has 32 heavy (non-hydrogen) atoms. The van der Waals surface area contributed by atoms with Crippen molar-refractivity contribution in [2.75, 3.05) is 18.1 Å². The third kappa shape index (κ3) is 3.92. The number of para-hydroxylation sites is 2. The van der Waals surface area contributed by atoms with E-state index in [9.17, 15) is 9.59 Å². The van der Waals surface area contributed by atoms with E-state index in [1.807, 2.05) is 72.8 Å². The van der Waals surface area contributed by atoms with Crippen LogP contribution in [0.1, 0.15) is 23.6 Å². The largest absolute Gasteiger partial charge is 0.482 e. The molecule has 3 aromatic carbocycles. The van der Waals surface area contributed by atoms with Crippen LogP contribution in [0, 0.1) is 0 Å². The first-order valence-electron chi connectivity index (χ1n) is 10.5.